The van der Waals surface area contributed by atoms with E-state index in [0.29, 0.717) is 18.4 Å². The first kappa shape index (κ1) is 13.5. The molecule has 0 fully saturated rings. The van der Waals surface area contributed by atoms with Gasteiger partial charge in [-0.3, -0.25) is 0 Å². The van der Waals surface area contributed by atoms with Crippen LogP contribution < -0.4 is 0 Å². The van der Waals surface area contributed by atoms with Crippen LogP contribution in [0.1, 0.15) is 11.5 Å². The van der Waals surface area contributed by atoms with Crippen molar-refractivity contribution in [1.82, 2.24) is 10.2 Å². The van der Waals surface area contributed by atoms with Crippen molar-refractivity contribution in [1.29, 1.82) is 0 Å². The van der Waals surface area contributed by atoms with Gasteiger partial charge in [0, 0.05) is 19.6 Å². The second-order valence-corrected chi connectivity index (χ2v) is 4.80. The first-order valence-electron chi connectivity index (χ1n) is 6.75. The SMILES string of the molecule is COCc1cc(-c2ccccc2)ccc1-c1nnc(C)o1. The molecule has 0 amide bonds. The summed E-state index contributed by atoms with van der Waals surface area (Å²) in [4.78, 5) is 0. The summed E-state index contributed by atoms with van der Waals surface area (Å²) in [6, 6.07) is 16.4. The van der Waals surface area contributed by atoms with Gasteiger partial charge in [0.1, 0.15) is 0 Å². The van der Waals surface area contributed by atoms with Crippen molar-refractivity contribution in [3.63, 3.8) is 0 Å². The molecule has 2 aromatic carbocycles. The Balaban J connectivity index is 2.06. The highest BCUT2D eigenvalue weighted by Gasteiger charge is 2.12. The van der Waals surface area contributed by atoms with Crippen molar-refractivity contribution < 1.29 is 9.15 Å². The number of aromatic nitrogens is 2. The maximum absolute atomic E-state index is 5.52. The molecule has 3 rings (SSSR count). The third-order valence-corrected chi connectivity index (χ3v) is 3.27. The monoisotopic (exact) mass is 280 g/mol. The number of hydrogen-bond donors (Lipinski definition) is 0. The maximum atomic E-state index is 5.52. The Morgan fingerprint density at radius 2 is 1.81 bits per heavy atom. The number of hydrogen-bond acceptors (Lipinski definition) is 4. The smallest absolute Gasteiger partial charge is 0.248 e. The molecular formula is C17H16N2O2. The van der Waals surface area contributed by atoms with E-state index in [1.165, 1.54) is 5.56 Å². The Morgan fingerprint density at radius 3 is 2.48 bits per heavy atom. The van der Waals surface area contributed by atoms with Crippen LogP contribution >= 0.6 is 0 Å². The van der Waals surface area contributed by atoms with E-state index in [2.05, 4.69) is 34.5 Å². The Labute approximate surface area is 123 Å². The molecule has 0 aliphatic carbocycles. The van der Waals surface area contributed by atoms with Crippen molar-refractivity contribution in [2.75, 3.05) is 7.11 Å². The normalized spacial score (nSPS) is 10.8. The fourth-order valence-corrected chi connectivity index (χ4v) is 2.29. The largest absolute Gasteiger partial charge is 0.421 e. The first-order valence-corrected chi connectivity index (χ1v) is 6.75. The Kier molecular flexibility index (Phi) is 3.79. The van der Waals surface area contributed by atoms with E-state index in [1.54, 1.807) is 14.0 Å². The summed E-state index contributed by atoms with van der Waals surface area (Å²) in [5, 5.41) is 7.98. The molecule has 4 nitrogen and oxygen atoms in total. The zero-order valence-corrected chi connectivity index (χ0v) is 12.0. The summed E-state index contributed by atoms with van der Waals surface area (Å²) in [6.45, 7) is 2.28. The van der Waals surface area contributed by atoms with E-state index in [0.717, 1.165) is 16.7 Å². The number of methoxy groups -OCH3 is 1. The Bertz CT molecular complexity index is 736. The van der Waals surface area contributed by atoms with Crippen molar-refractivity contribution in [3.05, 3.63) is 60.0 Å². The number of ether oxygens (including phenoxy) is 1. The molecule has 0 spiro atoms. The van der Waals surface area contributed by atoms with Gasteiger partial charge in [-0.25, -0.2) is 0 Å². The average Bonchev–Trinajstić information content (AvgIpc) is 2.95. The van der Waals surface area contributed by atoms with E-state index in [4.69, 9.17) is 9.15 Å². The van der Waals surface area contributed by atoms with Crippen molar-refractivity contribution in [2.45, 2.75) is 13.5 Å². The summed E-state index contributed by atoms with van der Waals surface area (Å²) in [7, 11) is 1.68. The minimum atomic E-state index is 0.497. The lowest BCUT2D eigenvalue weighted by atomic mass is 9.99. The fraction of sp³-hybridized carbons (Fsp3) is 0.176. The molecule has 21 heavy (non-hydrogen) atoms. The molecule has 0 bridgehead atoms. The van der Waals surface area contributed by atoms with Gasteiger partial charge in [0.15, 0.2) is 0 Å². The summed E-state index contributed by atoms with van der Waals surface area (Å²) < 4.78 is 10.8. The molecule has 1 aromatic heterocycles. The highest BCUT2D eigenvalue weighted by atomic mass is 16.5. The maximum Gasteiger partial charge on any atom is 0.248 e. The summed E-state index contributed by atoms with van der Waals surface area (Å²) in [5.74, 6) is 1.08. The van der Waals surface area contributed by atoms with E-state index >= 15 is 0 Å². The second kappa shape index (κ2) is 5.89. The zero-order valence-electron chi connectivity index (χ0n) is 12.0. The third kappa shape index (κ3) is 2.85. The lowest BCUT2D eigenvalue weighted by molar-refractivity contribution is 0.185. The van der Waals surface area contributed by atoms with Crippen LogP contribution in [0.3, 0.4) is 0 Å². The molecular weight excluding hydrogens is 264 g/mol. The third-order valence-electron chi connectivity index (χ3n) is 3.27. The molecule has 0 atom stereocenters. The number of nitrogens with zero attached hydrogens (tertiary/aromatic N) is 2. The van der Waals surface area contributed by atoms with Crippen molar-refractivity contribution in [3.8, 4) is 22.6 Å². The molecule has 0 unspecified atom stereocenters. The van der Waals surface area contributed by atoms with E-state index in [9.17, 15) is 0 Å². The van der Waals surface area contributed by atoms with Crippen molar-refractivity contribution >= 4 is 0 Å². The van der Waals surface area contributed by atoms with Gasteiger partial charge in [-0.1, -0.05) is 36.4 Å². The molecule has 0 aliphatic heterocycles. The standard InChI is InChI=1S/C17H16N2O2/c1-12-18-19-17(21-12)16-9-8-14(10-15(16)11-20-2)13-6-4-3-5-7-13/h3-10H,11H2,1-2H3. The van der Waals surface area contributed by atoms with Crippen LogP contribution in [0.25, 0.3) is 22.6 Å². The lowest BCUT2D eigenvalue weighted by Gasteiger charge is -2.09. The molecule has 0 N–H and O–H groups in total. The van der Waals surface area contributed by atoms with Gasteiger partial charge in [0.05, 0.1) is 6.61 Å². The molecule has 3 aromatic rings. The zero-order chi connectivity index (χ0) is 14.7. The number of aryl methyl sites for hydroxylation is 1. The van der Waals surface area contributed by atoms with Gasteiger partial charge in [0.2, 0.25) is 11.8 Å². The van der Waals surface area contributed by atoms with Gasteiger partial charge >= 0.3 is 0 Å². The summed E-state index contributed by atoms with van der Waals surface area (Å²) in [5.41, 5.74) is 4.25. The second-order valence-electron chi connectivity index (χ2n) is 4.80. The van der Waals surface area contributed by atoms with E-state index < -0.39 is 0 Å². The molecule has 0 aliphatic rings. The predicted molar refractivity (Wildman–Crippen MR) is 80.6 cm³/mol. The molecule has 106 valence electrons. The number of rotatable bonds is 4. The minimum Gasteiger partial charge on any atom is -0.421 e. The van der Waals surface area contributed by atoms with Crippen LogP contribution in [0.4, 0.5) is 0 Å². The molecule has 4 heteroatoms. The number of benzene rings is 2. The van der Waals surface area contributed by atoms with Gasteiger partial charge in [-0.2, -0.15) is 0 Å². The molecule has 1 heterocycles. The van der Waals surface area contributed by atoms with Crippen LogP contribution in [0, 0.1) is 6.92 Å². The van der Waals surface area contributed by atoms with E-state index in [1.807, 2.05) is 24.3 Å². The lowest BCUT2D eigenvalue weighted by Crippen LogP contribution is -1.94. The first-order chi connectivity index (χ1) is 10.3. The summed E-state index contributed by atoms with van der Waals surface area (Å²) >= 11 is 0. The minimum absolute atomic E-state index is 0.497. The molecule has 0 saturated carbocycles. The van der Waals surface area contributed by atoms with E-state index in [-0.39, 0.29) is 0 Å². The van der Waals surface area contributed by atoms with Gasteiger partial charge in [0.25, 0.3) is 0 Å². The molecule has 0 radical (unpaired) electrons. The van der Waals surface area contributed by atoms with Crippen LogP contribution in [0.2, 0.25) is 0 Å². The van der Waals surface area contributed by atoms with Crippen LogP contribution in [0.15, 0.2) is 52.9 Å². The topological polar surface area (TPSA) is 48.2 Å². The van der Waals surface area contributed by atoms with Crippen LogP contribution in [0.5, 0.6) is 0 Å². The van der Waals surface area contributed by atoms with Crippen LogP contribution in [-0.4, -0.2) is 17.3 Å². The average molecular weight is 280 g/mol. The van der Waals surface area contributed by atoms with Gasteiger partial charge in [-0.05, 0) is 28.8 Å². The van der Waals surface area contributed by atoms with Gasteiger partial charge < -0.3 is 9.15 Å². The van der Waals surface area contributed by atoms with Gasteiger partial charge in [-0.15, -0.1) is 10.2 Å². The Hall–Kier alpha value is -2.46. The molecule has 0 saturated heterocycles. The van der Waals surface area contributed by atoms with Crippen LogP contribution in [-0.2, 0) is 11.3 Å². The predicted octanol–water partition coefficient (Wildman–Crippen LogP) is 3.86. The van der Waals surface area contributed by atoms with Crippen molar-refractivity contribution in [2.24, 2.45) is 0 Å². The fourth-order valence-electron chi connectivity index (χ4n) is 2.29. The highest BCUT2D eigenvalue weighted by Crippen LogP contribution is 2.28. The highest BCUT2D eigenvalue weighted by molar-refractivity contribution is 5.70. The Morgan fingerprint density at radius 1 is 1.00 bits per heavy atom. The summed E-state index contributed by atoms with van der Waals surface area (Å²) in [6.07, 6.45) is 0. The quantitative estimate of drug-likeness (QED) is 0.728.